The Morgan fingerprint density at radius 3 is 2.14 bits per heavy atom. The summed E-state index contributed by atoms with van der Waals surface area (Å²) in [5.74, 6) is 0.249. The molecule has 5 heteroatoms. The van der Waals surface area contributed by atoms with Crippen LogP contribution in [0.25, 0.3) is 0 Å². The predicted molar refractivity (Wildman–Crippen MR) is 90.0 cm³/mol. The van der Waals surface area contributed by atoms with E-state index >= 15 is 0 Å². The summed E-state index contributed by atoms with van der Waals surface area (Å²) >= 11 is 0. The van der Waals surface area contributed by atoms with Gasteiger partial charge in [-0.05, 0) is 30.5 Å². The minimum Gasteiger partial charge on any atom is -0.492 e. The predicted octanol–water partition coefficient (Wildman–Crippen LogP) is 4.25. The average molecular weight is 328 g/mol. The van der Waals surface area contributed by atoms with E-state index in [1.165, 1.54) is 50.5 Å². The highest BCUT2D eigenvalue weighted by atomic mass is 32.2. The Labute approximate surface area is 134 Å². The fourth-order valence-corrected chi connectivity index (χ4v) is 2.60. The number of hydrogen-bond acceptors (Lipinski definition) is 3. The molecule has 0 aliphatic heterocycles. The topological polar surface area (TPSA) is 63.6 Å². The standard InChI is InChI=1S/C17H28O4S/c1-2-3-4-5-6-7-8-9-16-10-12-17(13-11-16)21-14-15-22(18,19)20/h10-13H,2-9,14-15H2,1H3,(H,18,19,20). The molecule has 4 nitrogen and oxygen atoms in total. The van der Waals surface area contributed by atoms with Crippen LogP contribution < -0.4 is 4.74 Å². The number of rotatable bonds is 12. The summed E-state index contributed by atoms with van der Waals surface area (Å²) in [5.41, 5.74) is 1.27. The highest BCUT2D eigenvalue weighted by Gasteiger charge is 2.04. The third-order valence-electron chi connectivity index (χ3n) is 3.60. The Hall–Kier alpha value is -1.07. The van der Waals surface area contributed by atoms with Crippen LogP contribution in [0.2, 0.25) is 0 Å². The van der Waals surface area contributed by atoms with Crippen LogP contribution in [0.15, 0.2) is 24.3 Å². The maximum atomic E-state index is 10.6. The van der Waals surface area contributed by atoms with Crippen molar-refractivity contribution >= 4 is 10.1 Å². The molecular formula is C17H28O4S. The van der Waals surface area contributed by atoms with Gasteiger partial charge in [-0.15, -0.1) is 0 Å². The molecule has 0 amide bonds. The van der Waals surface area contributed by atoms with Crippen LogP contribution in [0, 0.1) is 0 Å². The third-order valence-corrected chi connectivity index (χ3v) is 4.28. The van der Waals surface area contributed by atoms with E-state index in [-0.39, 0.29) is 12.4 Å². The largest absolute Gasteiger partial charge is 0.492 e. The molecule has 22 heavy (non-hydrogen) atoms. The van der Waals surface area contributed by atoms with Crippen LogP contribution in [-0.4, -0.2) is 25.3 Å². The molecule has 0 bridgehead atoms. The fraction of sp³-hybridized carbons (Fsp3) is 0.647. The van der Waals surface area contributed by atoms with Gasteiger partial charge in [0.2, 0.25) is 0 Å². The molecule has 0 saturated heterocycles. The molecule has 0 aliphatic rings. The molecular weight excluding hydrogens is 300 g/mol. The highest BCUT2D eigenvalue weighted by Crippen LogP contribution is 2.15. The van der Waals surface area contributed by atoms with Crippen molar-refractivity contribution in [2.24, 2.45) is 0 Å². The van der Waals surface area contributed by atoms with E-state index in [1.54, 1.807) is 0 Å². The monoisotopic (exact) mass is 328 g/mol. The first-order valence-electron chi connectivity index (χ1n) is 8.18. The quantitative estimate of drug-likeness (QED) is 0.460. The molecule has 1 rings (SSSR count). The van der Waals surface area contributed by atoms with Gasteiger partial charge in [0.15, 0.2) is 0 Å². The molecule has 1 aromatic carbocycles. The normalized spacial score (nSPS) is 11.5. The number of benzene rings is 1. The molecule has 1 aromatic rings. The van der Waals surface area contributed by atoms with E-state index in [2.05, 4.69) is 6.92 Å². The lowest BCUT2D eigenvalue weighted by atomic mass is 10.0. The van der Waals surface area contributed by atoms with Crippen molar-refractivity contribution in [3.05, 3.63) is 29.8 Å². The minimum absolute atomic E-state index is 0.0318. The summed E-state index contributed by atoms with van der Waals surface area (Å²) in [4.78, 5) is 0. The van der Waals surface area contributed by atoms with Gasteiger partial charge in [0, 0.05) is 0 Å². The molecule has 0 heterocycles. The molecule has 1 N–H and O–H groups in total. The van der Waals surface area contributed by atoms with Crippen LogP contribution in [-0.2, 0) is 16.5 Å². The molecule has 0 radical (unpaired) electrons. The molecule has 0 unspecified atom stereocenters. The van der Waals surface area contributed by atoms with E-state index in [4.69, 9.17) is 9.29 Å². The van der Waals surface area contributed by atoms with E-state index < -0.39 is 10.1 Å². The van der Waals surface area contributed by atoms with Crippen LogP contribution in [0.1, 0.15) is 57.4 Å². The summed E-state index contributed by atoms with van der Waals surface area (Å²) in [6, 6.07) is 7.72. The second-order valence-corrected chi connectivity index (χ2v) is 7.22. The van der Waals surface area contributed by atoms with E-state index in [9.17, 15) is 8.42 Å². The molecule has 0 atom stereocenters. The molecule has 0 spiro atoms. The van der Waals surface area contributed by atoms with Crippen molar-refractivity contribution in [2.45, 2.75) is 58.3 Å². The lowest BCUT2D eigenvalue weighted by Gasteiger charge is -2.06. The zero-order chi connectivity index (χ0) is 16.3. The summed E-state index contributed by atoms with van der Waals surface area (Å²) in [6.45, 7) is 2.20. The average Bonchev–Trinajstić information content (AvgIpc) is 2.46. The maximum Gasteiger partial charge on any atom is 0.268 e. The first kappa shape index (κ1) is 19.0. The van der Waals surface area contributed by atoms with Gasteiger partial charge in [-0.1, -0.05) is 57.6 Å². The van der Waals surface area contributed by atoms with Crippen molar-refractivity contribution in [3.8, 4) is 5.75 Å². The number of ether oxygens (including phenoxy) is 1. The summed E-state index contributed by atoms with van der Waals surface area (Å²) in [5, 5.41) is 0. The van der Waals surface area contributed by atoms with Gasteiger partial charge in [0.1, 0.15) is 18.1 Å². The van der Waals surface area contributed by atoms with Crippen LogP contribution in [0.4, 0.5) is 0 Å². The molecule has 126 valence electrons. The summed E-state index contributed by atoms with van der Waals surface area (Å²) < 4.78 is 35.1. The lowest BCUT2D eigenvalue weighted by Crippen LogP contribution is -2.12. The number of hydrogen-bond donors (Lipinski definition) is 1. The van der Waals surface area contributed by atoms with E-state index in [0.29, 0.717) is 5.75 Å². The molecule has 0 fully saturated rings. The Kier molecular flexibility index (Phi) is 9.16. The van der Waals surface area contributed by atoms with Crippen LogP contribution >= 0.6 is 0 Å². The Bertz CT molecular complexity index is 494. The molecule has 0 aliphatic carbocycles. The second-order valence-electron chi connectivity index (χ2n) is 5.65. The van der Waals surface area contributed by atoms with Crippen molar-refractivity contribution in [1.82, 2.24) is 0 Å². The maximum absolute atomic E-state index is 10.6. The molecule has 0 saturated carbocycles. The SMILES string of the molecule is CCCCCCCCCc1ccc(OCCS(=O)(=O)O)cc1. The Morgan fingerprint density at radius 1 is 0.955 bits per heavy atom. The van der Waals surface area contributed by atoms with E-state index in [0.717, 1.165) is 6.42 Å². The summed E-state index contributed by atoms with van der Waals surface area (Å²) in [6.07, 6.45) is 10.2. The first-order valence-corrected chi connectivity index (χ1v) is 9.79. The number of unbranched alkanes of at least 4 members (excludes halogenated alkanes) is 6. The fourth-order valence-electron chi connectivity index (χ4n) is 2.30. The Balaban J connectivity index is 2.16. The second kappa shape index (κ2) is 10.6. The van der Waals surface area contributed by atoms with Crippen molar-refractivity contribution < 1.29 is 17.7 Å². The zero-order valence-electron chi connectivity index (χ0n) is 13.5. The van der Waals surface area contributed by atoms with Crippen molar-refractivity contribution in [1.29, 1.82) is 0 Å². The smallest absolute Gasteiger partial charge is 0.268 e. The number of aryl methyl sites for hydroxylation is 1. The lowest BCUT2D eigenvalue weighted by molar-refractivity contribution is 0.335. The van der Waals surface area contributed by atoms with Crippen molar-refractivity contribution in [2.75, 3.05) is 12.4 Å². The van der Waals surface area contributed by atoms with Gasteiger partial charge in [0.25, 0.3) is 10.1 Å². The Morgan fingerprint density at radius 2 is 1.55 bits per heavy atom. The van der Waals surface area contributed by atoms with E-state index in [1.807, 2.05) is 24.3 Å². The third kappa shape index (κ3) is 9.79. The van der Waals surface area contributed by atoms with Gasteiger partial charge in [-0.25, -0.2) is 0 Å². The van der Waals surface area contributed by atoms with Crippen molar-refractivity contribution in [3.63, 3.8) is 0 Å². The van der Waals surface area contributed by atoms with Gasteiger partial charge in [-0.2, -0.15) is 8.42 Å². The van der Waals surface area contributed by atoms with Crippen LogP contribution in [0.5, 0.6) is 5.75 Å². The van der Waals surface area contributed by atoms with Gasteiger partial charge < -0.3 is 4.74 Å². The minimum atomic E-state index is -3.95. The first-order chi connectivity index (χ1) is 10.5. The molecule has 0 aromatic heterocycles. The van der Waals surface area contributed by atoms with Gasteiger partial charge >= 0.3 is 0 Å². The van der Waals surface area contributed by atoms with Crippen LogP contribution in [0.3, 0.4) is 0 Å². The van der Waals surface area contributed by atoms with Gasteiger partial charge in [-0.3, -0.25) is 4.55 Å². The van der Waals surface area contributed by atoms with Gasteiger partial charge in [0.05, 0.1) is 0 Å². The highest BCUT2D eigenvalue weighted by molar-refractivity contribution is 7.85. The zero-order valence-corrected chi connectivity index (χ0v) is 14.3. The summed E-state index contributed by atoms with van der Waals surface area (Å²) in [7, 11) is -3.95.